The molecule has 0 saturated heterocycles. The molecular formula is C19H20N4O3. The average molecular weight is 352 g/mol. The SMILES string of the molecule is COc1ccc(C(=O)Nc2ccn(CC(=O)N(C)C)n2)c2ccccc12. The summed E-state index contributed by atoms with van der Waals surface area (Å²) in [6, 6.07) is 12.7. The number of aromatic nitrogens is 2. The van der Waals surface area contributed by atoms with E-state index in [0.717, 1.165) is 10.8 Å². The Hall–Kier alpha value is -3.35. The summed E-state index contributed by atoms with van der Waals surface area (Å²) in [6.45, 7) is 0.119. The molecule has 1 heterocycles. The lowest BCUT2D eigenvalue weighted by Crippen LogP contribution is -2.26. The number of benzene rings is 2. The number of ether oxygens (including phenoxy) is 1. The van der Waals surface area contributed by atoms with Crippen molar-refractivity contribution < 1.29 is 14.3 Å². The van der Waals surface area contributed by atoms with Crippen molar-refractivity contribution in [2.75, 3.05) is 26.5 Å². The number of carbonyl (C=O) groups excluding carboxylic acids is 2. The number of anilines is 1. The lowest BCUT2D eigenvalue weighted by Gasteiger charge is -2.10. The van der Waals surface area contributed by atoms with Crippen LogP contribution in [-0.2, 0) is 11.3 Å². The topological polar surface area (TPSA) is 76.5 Å². The monoisotopic (exact) mass is 352 g/mol. The summed E-state index contributed by atoms with van der Waals surface area (Å²) in [6.07, 6.45) is 1.66. The van der Waals surface area contributed by atoms with E-state index in [9.17, 15) is 9.59 Å². The van der Waals surface area contributed by atoms with Crippen LogP contribution in [0.3, 0.4) is 0 Å². The first kappa shape index (κ1) is 17.5. The molecule has 134 valence electrons. The Bertz CT molecular complexity index is 962. The average Bonchev–Trinajstić information content (AvgIpc) is 3.07. The molecule has 0 radical (unpaired) electrons. The maximum absolute atomic E-state index is 12.7. The Kier molecular flexibility index (Phi) is 4.88. The lowest BCUT2D eigenvalue weighted by molar-refractivity contribution is -0.129. The molecule has 0 aliphatic carbocycles. The molecule has 0 aliphatic heterocycles. The summed E-state index contributed by atoms with van der Waals surface area (Å²) >= 11 is 0. The predicted molar refractivity (Wildman–Crippen MR) is 99.4 cm³/mol. The van der Waals surface area contributed by atoms with Crippen molar-refractivity contribution >= 4 is 28.4 Å². The van der Waals surface area contributed by atoms with Crippen molar-refractivity contribution in [3.05, 3.63) is 54.2 Å². The first-order chi connectivity index (χ1) is 12.5. The van der Waals surface area contributed by atoms with Gasteiger partial charge in [0.15, 0.2) is 5.82 Å². The number of amides is 2. The van der Waals surface area contributed by atoms with Crippen molar-refractivity contribution in [1.29, 1.82) is 0 Å². The van der Waals surface area contributed by atoms with Crippen molar-refractivity contribution in [1.82, 2.24) is 14.7 Å². The first-order valence-corrected chi connectivity index (χ1v) is 8.10. The molecule has 0 spiro atoms. The van der Waals surface area contributed by atoms with Crippen LogP contribution in [0.4, 0.5) is 5.82 Å². The van der Waals surface area contributed by atoms with Crippen LogP contribution in [0.15, 0.2) is 48.7 Å². The van der Waals surface area contributed by atoms with Gasteiger partial charge in [0.25, 0.3) is 5.91 Å². The van der Waals surface area contributed by atoms with Gasteiger partial charge in [-0.2, -0.15) is 5.10 Å². The van der Waals surface area contributed by atoms with Crippen molar-refractivity contribution in [3.63, 3.8) is 0 Å². The summed E-state index contributed by atoms with van der Waals surface area (Å²) in [5.74, 6) is 0.755. The summed E-state index contributed by atoms with van der Waals surface area (Å²) in [7, 11) is 4.97. The van der Waals surface area contributed by atoms with E-state index in [4.69, 9.17) is 4.74 Å². The van der Waals surface area contributed by atoms with E-state index in [2.05, 4.69) is 10.4 Å². The third kappa shape index (κ3) is 3.51. The largest absolute Gasteiger partial charge is 0.496 e. The normalized spacial score (nSPS) is 10.6. The number of hydrogen-bond acceptors (Lipinski definition) is 4. The van der Waals surface area contributed by atoms with Crippen LogP contribution in [0.5, 0.6) is 5.75 Å². The highest BCUT2D eigenvalue weighted by Gasteiger charge is 2.14. The van der Waals surface area contributed by atoms with Gasteiger partial charge in [-0.15, -0.1) is 0 Å². The fraction of sp³-hybridized carbons (Fsp3) is 0.211. The molecular weight excluding hydrogens is 332 g/mol. The van der Waals surface area contributed by atoms with Crippen LogP contribution < -0.4 is 10.1 Å². The standard InChI is InChI=1S/C19H20N4O3/c1-22(2)18(24)12-23-11-10-17(21-23)20-19(25)15-8-9-16(26-3)14-7-5-4-6-13(14)15/h4-11H,12H2,1-3H3,(H,20,21,25). The Morgan fingerprint density at radius 1 is 1.12 bits per heavy atom. The fourth-order valence-corrected chi connectivity index (χ4v) is 2.63. The molecule has 0 atom stereocenters. The fourth-order valence-electron chi connectivity index (χ4n) is 2.63. The summed E-state index contributed by atoms with van der Waals surface area (Å²) in [5, 5.41) is 8.66. The minimum Gasteiger partial charge on any atom is -0.496 e. The molecule has 0 unspecified atom stereocenters. The lowest BCUT2D eigenvalue weighted by atomic mass is 10.0. The molecule has 0 saturated carbocycles. The zero-order valence-electron chi connectivity index (χ0n) is 14.9. The van der Waals surface area contributed by atoms with E-state index in [-0.39, 0.29) is 18.4 Å². The number of nitrogens with zero attached hydrogens (tertiary/aromatic N) is 3. The van der Waals surface area contributed by atoms with E-state index in [1.165, 1.54) is 9.58 Å². The number of hydrogen-bond donors (Lipinski definition) is 1. The van der Waals surface area contributed by atoms with E-state index < -0.39 is 0 Å². The second kappa shape index (κ2) is 7.26. The molecule has 26 heavy (non-hydrogen) atoms. The van der Waals surface area contributed by atoms with E-state index in [1.807, 2.05) is 24.3 Å². The second-order valence-electron chi connectivity index (χ2n) is 6.00. The number of likely N-dealkylation sites (N-methyl/N-ethyl adjacent to an activating group) is 1. The van der Waals surface area contributed by atoms with Gasteiger partial charge in [-0.25, -0.2) is 0 Å². The van der Waals surface area contributed by atoms with Gasteiger partial charge in [0.1, 0.15) is 12.3 Å². The Balaban J connectivity index is 1.82. The zero-order chi connectivity index (χ0) is 18.7. The number of rotatable bonds is 5. The van der Waals surface area contributed by atoms with Crippen LogP contribution in [0.2, 0.25) is 0 Å². The highest BCUT2D eigenvalue weighted by Crippen LogP contribution is 2.28. The molecule has 3 rings (SSSR count). The van der Waals surface area contributed by atoms with Gasteiger partial charge in [0.05, 0.1) is 7.11 Å². The molecule has 0 aliphatic rings. The highest BCUT2D eigenvalue weighted by atomic mass is 16.5. The second-order valence-corrected chi connectivity index (χ2v) is 6.00. The zero-order valence-corrected chi connectivity index (χ0v) is 14.9. The molecule has 7 nitrogen and oxygen atoms in total. The number of carbonyl (C=O) groups is 2. The van der Waals surface area contributed by atoms with Gasteiger partial charge < -0.3 is 15.0 Å². The smallest absolute Gasteiger partial charge is 0.257 e. The van der Waals surface area contributed by atoms with Crippen molar-refractivity contribution in [3.8, 4) is 5.75 Å². The van der Waals surface area contributed by atoms with E-state index in [0.29, 0.717) is 17.1 Å². The van der Waals surface area contributed by atoms with Crippen molar-refractivity contribution in [2.45, 2.75) is 6.54 Å². The minimum absolute atomic E-state index is 0.0767. The quantitative estimate of drug-likeness (QED) is 0.765. The van der Waals surface area contributed by atoms with Crippen LogP contribution >= 0.6 is 0 Å². The number of nitrogens with one attached hydrogen (secondary N) is 1. The van der Waals surface area contributed by atoms with Gasteiger partial charge in [0.2, 0.25) is 5.91 Å². The third-order valence-electron chi connectivity index (χ3n) is 4.03. The summed E-state index contributed by atoms with van der Waals surface area (Å²) in [5.41, 5.74) is 0.528. The Labute approximate surface area is 151 Å². The molecule has 3 aromatic rings. The highest BCUT2D eigenvalue weighted by molar-refractivity contribution is 6.13. The molecule has 2 aromatic carbocycles. The van der Waals surface area contributed by atoms with Gasteiger partial charge in [-0.1, -0.05) is 24.3 Å². The van der Waals surface area contributed by atoms with Gasteiger partial charge in [-0.05, 0) is 17.5 Å². The molecule has 1 aromatic heterocycles. The van der Waals surface area contributed by atoms with Crippen LogP contribution in [0, 0.1) is 0 Å². The van der Waals surface area contributed by atoms with E-state index in [1.54, 1.807) is 45.6 Å². The summed E-state index contributed by atoms with van der Waals surface area (Å²) in [4.78, 5) is 25.9. The molecule has 0 fully saturated rings. The molecule has 1 N–H and O–H groups in total. The van der Waals surface area contributed by atoms with Gasteiger partial charge in [-0.3, -0.25) is 14.3 Å². The number of fused-ring (bicyclic) bond motifs is 1. The van der Waals surface area contributed by atoms with Gasteiger partial charge in [0, 0.05) is 37.3 Å². The Morgan fingerprint density at radius 3 is 2.54 bits per heavy atom. The van der Waals surface area contributed by atoms with Crippen molar-refractivity contribution in [2.24, 2.45) is 0 Å². The maximum Gasteiger partial charge on any atom is 0.257 e. The summed E-state index contributed by atoms with van der Waals surface area (Å²) < 4.78 is 6.85. The number of methoxy groups -OCH3 is 1. The van der Waals surface area contributed by atoms with Crippen LogP contribution in [0.1, 0.15) is 10.4 Å². The van der Waals surface area contributed by atoms with Crippen LogP contribution in [-0.4, -0.2) is 47.7 Å². The minimum atomic E-state index is -0.270. The van der Waals surface area contributed by atoms with Crippen LogP contribution in [0.25, 0.3) is 10.8 Å². The van der Waals surface area contributed by atoms with E-state index >= 15 is 0 Å². The van der Waals surface area contributed by atoms with Gasteiger partial charge >= 0.3 is 0 Å². The third-order valence-corrected chi connectivity index (χ3v) is 4.03. The predicted octanol–water partition coefficient (Wildman–Crippen LogP) is 2.39. The maximum atomic E-state index is 12.7. The molecule has 2 amide bonds. The molecule has 7 heteroatoms. The Morgan fingerprint density at radius 2 is 1.85 bits per heavy atom. The first-order valence-electron chi connectivity index (χ1n) is 8.10. The molecule has 0 bridgehead atoms.